The number of aromatic hydroxyl groups is 1. The van der Waals surface area contributed by atoms with Crippen molar-refractivity contribution in [2.24, 2.45) is 0 Å². The van der Waals surface area contributed by atoms with Crippen LogP contribution in [0.25, 0.3) is 0 Å². The average Bonchev–Trinajstić information content (AvgIpc) is 2.17. The first-order chi connectivity index (χ1) is 6.56. The van der Waals surface area contributed by atoms with Gasteiger partial charge in [-0.05, 0) is 25.1 Å². The maximum absolute atomic E-state index is 9.53. The Hall–Kier alpha value is -1.26. The Balaban J connectivity index is 3.05. The van der Waals surface area contributed by atoms with Gasteiger partial charge in [-0.2, -0.15) is 0 Å². The van der Waals surface area contributed by atoms with Crippen LogP contribution in [-0.4, -0.2) is 28.5 Å². The van der Waals surface area contributed by atoms with Gasteiger partial charge in [-0.3, -0.25) is 0 Å². The van der Waals surface area contributed by atoms with Gasteiger partial charge in [0.2, 0.25) is 0 Å². The molecule has 1 rings (SSSR count). The molecule has 0 aromatic heterocycles. The van der Waals surface area contributed by atoms with E-state index in [1.807, 2.05) is 0 Å². The number of phenolic OH excluding ortho intramolecular Hbond substituents is 1. The number of aliphatic hydroxyl groups excluding tert-OH is 2. The SMILES string of the molecule is COc1ccc(O)c([C@H](O)[C@H](C)O)c1. The van der Waals surface area contributed by atoms with Crippen LogP contribution in [0.3, 0.4) is 0 Å². The van der Waals surface area contributed by atoms with E-state index in [0.717, 1.165) is 0 Å². The third kappa shape index (κ3) is 2.16. The van der Waals surface area contributed by atoms with Crippen molar-refractivity contribution in [2.75, 3.05) is 7.11 Å². The van der Waals surface area contributed by atoms with Crippen molar-refractivity contribution in [3.05, 3.63) is 23.8 Å². The number of ether oxygens (including phenoxy) is 1. The predicted molar refractivity (Wildman–Crippen MR) is 51.3 cm³/mol. The molecule has 1 aromatic carbocycles. The number of methoxy groups -OCH3 is 1. The molecule has 0 amide bonds. The maximum atomic E-state index is 9.53. The van der Waals surface area contributed by atoms with Gasteiger partial charge in [-0.1, -0.05) is 0 Å². The highest BCUT2D eigenvalue weighted by molar-refractivity contribution is 5.40. The summed E-state index contributed by atoms with van der Waals surface area (Å²) in [7, 11) is 1.49. The summed E-state index contributed by atoms with van der Waals surface area (Å²) >= 11 is 0. The summed E-state index contributed by atoms with van der Waals surface area (Å²) in [5.41, 5.74) is 0.263. The van der Waals surface area contributed by atoms with Crippen LogP contribution >= 0.6 is 0 Å². The molecule has 0 aliphatic rings. The zero-order valence-corrected chi connectivity index (χ0v) is 8.14. The zero-order valence-electron chi connectivity index (χ0n) is 8.14. The van der Waals surface area contributed by atoms with Crippen molar-refractivity contribution < 1.29 is 20.1 Å². The number of phenols is 1. The largest absolute Gasteiger partial charge is 0.508 e. The first-order valence-corrected chi connectivity index (χ1v) is 4.29. The third-order valence-corrected chi connectivity index (χ3v) is 2.01. The molecule has 0 unspecified atom stereocenters. The van der Waals surface area contributed by atoms with Crippen LogP contribution in [0.5, 0.6) is 11.5 Å². The van der Waals surface area contributed by atoms with Crippen molar-refractivity contribution in [2.45, 2.75) is 19.1 Å². The second-order valence-corrected chi connectivity index (χ2v) is 3.11. The third-order valence-electron chi connectivity index (χ3n) is 2.01. The molecular formula is C10H14O4. The first kappa shape index (κ1) is 10.8. The second kappa shape index (κ2) is 4.30. The molecule has 0 aliphatic heterocycles. The van der Waals surface area contributed by atoms with Crippen molar-refractivity contribution in [1.82, 2.24) is 0 Å². The molecule has 4 heteroatoms. The summed E-state index contributed by atoms with van der Waals surface area (Å²) in [4.78, 5) is 0. The van der Waals surface area contributed by atoms with Gasteiger partial charge in [0.1, 0.15) is 17.6 Å². The van der Waals surface area contributed by atoms with Crippen LogP contribution in [0.4, 0.5) is 0 Å². The highest BCUT2D eigenvalue weighted by Crippen LogP contribution is 2.29. The highest BCUT2D eigenvalue weighted by Gasteiger charge is 2.17. The summed E-state index contributed by atoms with van der Waals surface area (Å²) in [5.74, 6) is 0.469. The van der Waals surface area contributed by atoms with Crippen molar-refractivity contribution in [3.63, 3.8) is 0 Å². The molecule has 3 N–H and O–H groups in total. The van der Waals surface area contributed by atoms with E-state index >= 15 is 0 Å². The first-order valence-electron chi connectivity index (χ1n) is 4.29. The van der Waals surface area contributed by atoms with E-state index in [1.165, 1.54) is 26.2 Å². The molecule has 14 heavy (non-hydrogen) atoms. The molecule has 0 aliphatic carbocycles. The van der Waals surface area contributed by atoms with E-state index in [1.54, 1.807) is 6.07 Å². The van der Waals surface area contributed by atoms with Crippen LogP contribution in [0.2, 0.25) is 0 Å². The minimum atomic E-state index is -1.11. The van der Waals surface area contributed by atoms with Gasteiger partial charge in [0, 0.05) is 5.56 Å². The Morgan fingerprint density at radius 3 is 2.43 bits per heavy atom. The Labute approximate surface area is 82.4 Å². The van der Waals surface area contributed by atoms with Crippen LogP contribution in [0, 0.1) is 0 Å². The van der Waals surface area contributed by atoms with E-state index in [2.05, 4.69) is 0 Å². The smallest absolute Gasteiger partial charge is 0.121 e. The van der Waals surface area contributed by atoms with E-state index in [0.29, 0.717) is 5.75 Å². The van der Waals surface area contributed by atoms with Crippen LogP contribution < -0.4 is 4.74 Å². The normalized spacial score (nSPS) is 14.9. The van der Waals surface area contributed by atoms with Gasteiger partial charge in [-0.25, -0.2) is 0 Å². The van der Waals surface area contributed by atoms with Gasteiger partial charge >= 0.3 is 0 Å². The van der Waals surface area contributed by atoms with Crippen LogP contribution in [0.1, 0.15) is 18.6 Å². The standard InChI is InChI=1S/C10H14O4/c1-6(11)10(13)8-5-7(14-2)3-4-9(8)12/h3-6,10-13H,1-2H3/t6-,10+/m0/s1. The van der Waals surface area contributed by atoms with Crippen molar-refractivity contribution in [3.8, 4) is 11.5 Å². The Kier molecular flexibility index (Phi) is 3.33. The van der Waals surface area contributed by atoms with Crippen LogP contribution in [0.15, 0.2) is 18.2 Å². The minimum Gasteiger partial charge on any atom is -0.508 e. The number of benzene rings is 1. The monoisotopic (exact) mass is 198 g/mol. The summed E-state index contributed by atoms with van der Waals surface area (Å²) < 4.78 is 4.94. The van der Waals surface area contributed by atoms with E-state index < -0.39 is 12.2 Å². The molecule has 0 bridgehead atoms. The predicted octanol–water partition coefficient (Wildman–Crippen LogP) is 0.815. The van der Waals surface area contributed by atoms with Gasteiger partial charge in [0.05, 0.1) is 13.2 Å². The fraction of sp³-hybridized carbons (Fsp3) is 0.400. The van der Waals surface area contributed by atoms with Crippen molar-refractivity contribution in [1.29, 1.82) is 0 Å². The van der Waals surface area contributed by atoms with Gasteiger partial charge < -0.3 is 20.1 Å². The summed E-state index contributed by atoms with van der Waals surface area (Å²) in [6.07, 6.45) is -2.04. The highest BCUT2D eigenvalue weighted by atomic mass is 16.5. The van der Waals surface area contributed by atoms with Crippen molar-refractivity contribution >= 4 is 0 Å². The molecule has 78 valence electrons. The molecule has 2 atom stereocenters. The Morgan fingerprint density at radius 1 is 1.29 bits per heavy atom. The Morgan fingerprint density at radius 2 is 1.93 bits per heavy atom. The summed E-state index contributed by atoms with van der Waals surface area (Å²) in [6.45, 7) is 1.45. The fourth-order valence-corrected chi connectivity index (χ4v) is 1.16. The molecule has 0 spiro atoms. The summed E-state index contributed by atoms with van der Waals surface area (Å²) in [6, 6.07) is 4.49. The van der Waals surface area contributed by atoms with E-state index in [4.69, 9.17) is 9.84 Å². The van der Waals surface area contributed by atoms with E-state index in [9.17, 15) is 10.2 Å². The molecule has 0 saturated carbocycles. The number of hydrogen-bond acceptors (Lipinski definition) is 4. The lowest BCUT2D eigenvalue weighted by atomic mass is 10.0. The number of hydrogen-bond donors (Lipinski definition) is 3. The molecule has 0 radical (unpaired) electrons. The Bertz CT molecular complexity index is 309. The average molecular weight is 198 g/mol. The molecule has 0 heterocycles. The molecule has 4 nitrogen and oxygen atoms in total. The molecular weight excluding hydrogens is 184 g/mol. The van der Waals surface area contributed by atoms with Crippen LogP contribution in [-0.2, 0) is 0 Å². The lowest BCUT2D eigenvalue weighted by Crippen LogP contribution is -2.13. The zero-order chi connectivity index (χ0) is 10.7. The van der Waals surface area contributed by atoms with Gasteiger partial charge in [0.15, 0.2) is 0 Å². The lowest BCUT2D eigenvalue weighted by Gasteiger charge is -2.15. The lowest BCUT2D eigenvalue weighted by molar-refractivity contribution is 0.0289. The van der Waals surface area contributed by atoms with Gasteiger partial charge in [0.25, 0.3) is 0 Å². The van der Waals surface area contributed by atoms with Gasteiger partial charge in [-0.15, -0.1) is 0 Å². The topological polar surface area (TPSA) is 69.9 Å². The summed E-state index contributed by atoms with van der Waals surface area (Å²) in [5, 5.41) is 28.1. The quantitative estimate of drug-likeness (QED) is 0.672. The number of aliphatic hydroxyl groups is 2. The fourth-order valence-electron chi connectivity index (χ4n) is 1.16. The minimum absolute atomic E-state index is 0.0563. The number of rotatable bonds is 3. The van der Waals surface area contributed by atoms with E-state index in [-0.39, 0.29) is 11.3 Å². The molecule has 0 saturated heterocycles. The molecule has 1 aromatic rings. The molecule has 0 fully saturated rings. The maximum Gasteiger partial charge on any atom is 0.121 e. The second-order valence-electron chi connectivity index (χ2n) is 3.11.